The van der Waals surface area contributed by atoms with Crippen LogP contribution in [-0.4, -0.2) is 180 Å². The number of hydrogen-bond acceptors (Lipinski definition) is 36. The zero-order valence-electron chi connectivity index (χ0n) is 65.2. The fourth-order valence-electron chi connectivity index (χ4n) is 14.3. The molecule has 4 aromatic heterocycles. The highest BCUT2D eigenvalue weighted by atomic mass is 32.2. The van der Waals surface area contributed by atoms with E-state index in [9.17, 15) is 133 Å². The van der Waals surface area contributed by atoms with Crippen LogP contribution < -0.4 is 52.5 Å². The molecule has 46 nitrogen and oxygen atoms in total. The molecule has 0 bridgehead atoms. The first-order valence-electron chi connectivity index (χ1n) is 36.8. The maximum absolute atomic E-state index is 14.9. The summed E-state index contributed by atoms with van der Waals surface area (Å²) in [5.41, 5.74) is -10.4. The van der Waals surface area contributed by atoms with E-state index >= 15 is 0 Å². The quantitative estimate of drug-likeness (QED) is 0.0118. The van der Waals surface area contributed by atoms with Crippen molar-refractivity contribution >= 4 is 184 Å². The Bertz CT molecular complexity index is 8120. The number of aromatic nitrogens is 8. The van der Waals surface area contributed by atoms with Crippen LogP contribution in [0.5, 0.6) is 23.5 Å². The fourth-order valence-corrected chi connectivity index (χ4v) is 19.1. The summed E-state index contributed by atoms with van der Waals surface area (Å²) in [4.78, 5) is 110. The molecule has 10 aromatic carbocycles. The third-order valence-electron chi connectivity index (χ3n) is 19.8. The normalized spacial score (nSPS) is 12.8. The number of ether oxygens (including phenoxy) is 2. The predicted octanol–water partition coefficient (Wildman–Crippen LogP) is 8.68. The van der Waals surface area contributed by atoms with E-state index < -0.39 is 271 Å². The van der Waals surface area contributed by atoms with Crippen molar-refractivity contribution in [1.82, 2.24) is 39.9 Å². The number of nitrogens with one attached hydrogen (secondary N) is 8. The van der Waals surface area contributed by atoms with Crippen molar-refractivity contribution in [2.24, 2.45) is 0 Å². The van der Waals surface area contributed by atoms with Gasteiger partial charge in [-0.2, -0.15) is 97.2 Å². The van der Waals surface area contributed by atoms with Crippen molar-refractivity contribution < 1.29 is 132 Å². The molecule has 16 N–H and O–H groups in total. The van der Waals surface area contributed by atoms with Gasteiger partial charge in [0.05, 0.1) is 76.0 Å². The molecule has 0 saturated heterocycles. The number of carbonyl (C=O) groups excluding carboxylic acids is 4. The topological polar surface area (TPSA) is 737 Å². The number of ketones is 4. The average Bonchev–Trinajstić information content (AvgIpc) is 0.714. The highest BCUT2D eigenvalue weighted by molar-refractivity contribution is 7.88. The molecule has 0 fully saturated rings. The van der Waals surface area contributed by atoms with Crippen molar-refractivity contribution in [3.8, 4) is 45.8 Å². The largest absolute Gasteiger partial charge is 0.424 e. The molecule has 0 spiro atoms. The molecular weight excluding hydrogens is 1900 g/mol. The molecule has 0 aliphatic heterocycles. The van der Waals surface area contributed by atoms with E-state index in [-0.39, 0.29) is 78.8 Å². The lowest BCUT2D eigenvalue weighted by Gasteiger charge is -2.25. The Morgan fingerprint density at radius 3 is 0.947 bits per heavy atom. The van der Waals surface area contributed by atoms with E-state index in [2.05, 4.69) is 71.8 Å². The van der Waals surface area contributed by atoms with Gasteiger partial charge in [-0.05, 0) is 132 Å². The van der Waals surface area contributed by atoms with E-state index in [4.69, 9.17) is 9.47 Å². The molecule has 0 saturated carbocycles. The number of fused-ring (bicyclic) bond motifs is 4. The van der Waals surface area contributed by atoms with Crippen LogP contribution in [-0.2, 0) is 80.9 Å². The summed E-state index contributed by atoms with van der Waals surface area (Å²) in [6.45, 7) is -0.927. The van der Waals surface area contributed by atoms with E-state index in [1.165, 1.54) is 60.7 Å². The lowest BCUT2D eigenvalue weighted by molar-refractivity contribution is 0.102. The van der Waals surface area contributed by atoms with Gasteiger partial charge in [0.25, 0.3) is 92.1 Å². The SMILES string of the molecule is O=C(c1cccc(S(=O)(=O)O)c1)c1c2c3c(c(Nc4cc(Nc5nc(NCCNc6nc(Nc7cc(Nc8ccc9[nH]c(=O)c(C(=O)c%10cccc(S(=O)(=O)O)c%10)c%10c9c8C(=O)c8ccccc8-%10)c(S(=O)(=O)O)cc7S(=O)(=O)O)nc(Oc7ccc(S(=O)(=O)O)cc7)n6)nc(Oc6ccc(S(=O)(=O)O)cc6)n5)c(S(=O)(=O)O)cc4S(=O)(=O)O)ccc3[nH]c1=O)C(=O)c1ccccc1-2. The number of aromatic amines is 2. The fraction of sp³-hybridized carbons (Fsp3) is 0.0256. The van der Waals surface area contributed by atoms with Crippen molar-refractivity contribution in [3.63, 3.8) is 0 Å². The average molecular weight is 1950 g/mol. The van der Waals surface area contributed by atoms with Gasteiger partial charge in [0.2, 0.25) is 23.8 Å². The maximum Gasteiger partial charge on any atom is 0.328 e. The Labute approximate surface area is 740 Å². The van der Waals surface area contributed by atoms with Gasteiger partial charge in [0.1, 0.15) is 31.1 Å². The van der Waals surface area contributed by atoms with Crippen LogP contribution in [0.1, 0.15) is 63.7 Å². The van der Waals surface area contributed by atoms with Crippen molar-refractivity contribution in [2.75, 3.05) is 45.0 Å². The summed E-state index contributed by atoms with van der Waals surface area (Å²) in [5, 5.41) is 15.5. The van der Waals surface area contributed by atoms with Crippen LogP contribution >= 0.6 is 0 Å². The molecule has 16 rings (SSSR count). The third kappa shape index (κ3) is 18.0. The minimum absolute atomic E-state index is 0.00690. The van der Waals surface area contributed by atoms with Gasteiger partial charge in [0, 0.05) is 68.3 Å². The third-order valence-corrected chi connectivity index (χ3v) is 26.8. The van der Waals surface area contributed by atoms with Crippen LogP contribution in [0.25, 0.3) is 44.1 Å². The highest BCUT2D eigenvalue weighted by Crippen LogP contribution is 2.48. The highest BCUT2D eigenvalue weighted by Gasteiger charge is 2.39. The van der Waals surface area contributed by atoms with E-state index in [1.807, 2.05) is 0 Å². The first-order chi connectivity index (χ1) is 61.9. The molecule has 132 heavy (non-hydrogen) atoms. The number of H-pyrrole nitrogens is 2. The number of pyridine rings is 2. The minimum atomic E-state index is -5.70. The molecule has 2 aliphatic carbocycles. The molecule has 674 valence electrons. The summed E-state index contributed by atoms with van der Waals surface area (Å²) in [6.07, 6.45) is 0. The predicted molar refractivity (Wildman–Crippen MR) is 461 cm³/mol. The molecule has 0 radical (unpaired) electrons. The standard InChI is InChI=1S/C78H52N14O32S8/c93-67(35-7-5-9-41(29-35)127(105,106)107)65-59-43-11-1-3-13-45(43)69(95)63-49(25-23-47(61(59)63)83-71(65)97)81-51-31-53(57(131(117,118)119)33-55(51)129(111,112)113)85-75-87-73(89-77(91-75)123-37-15-19-39(20-16-37)125(99,100)101)79-27-28-80-74-88-76(92-78(90-74)124-38-17-21-40(22-18-38)126(102,103)104)86-54-32-52(56(130(114,115)116)34-58(54)132(120,121)122)82-50-26-24-48-62-60(44-12-2-4-14-46(44)70(96)64(50)62)66(72(98)84-48)68(94)36-8-6-10-42(30-36)128(108,109)110/h1-26,29-34,81-82H,27-28H2,(H,83,97)(H,84,98)(H,99,100,101)(H,102,103,104)(H,105,106,107)(H,108,109,110)(H,111,112,113)(H,114,115,116)(H,117,118,119)(H,120,121,122)(H2,79,85,87,89,91)(H2,80,86,88,90,92). The summed E-state index contributed by atoms with van der Waals surface area (Å²) >= 11 is 0. The van der Waals surface area contributed by atoms with Crippen molar-refractivity contribution in [3.05, 3.63) is 259 Å². The smallest absolute Gasteiger partial charge is 0.328 e. The summed E-state index contributed by atoms with van der Waals surface area (Å²) in [7, 11) is -42.3. The molecular formula is C78H52N14O32S8. The minimum Gasteiger partial charge on any atom is -0.424 e. The lowest BCUT2D eigenvalue weighted by Crippen LogP contribution is -2.24. The first kappa shape index (κ1) is 90.4. The summed E-state index contributed by atoms with van der Waals surface area (Å²) in [6, 6.07) is 31.5. The number of hydrogen-bond donors (Lipinski definition) is 16. The van der Waals surface area contributed by atoms with Gasteiger partial charge in [-0.3, -0.25) is 65.2 Å². The van der Waals surface area contributed by atoms with Gasteiger partial charge in [-0.15, -0.1) is 0 Å². The van der Waals surface area contributed by atoms with Gasteiger partial charge < -0.3 is 51.3 Å². The van der Waals surface area contributed by atoms with Crippen molar-refractivity contribution in [2.45, 2.75) is 39.2 Å². The molecule has 4 heterocycles. The van der Waals surface area contributed by atoms with Crippen LogP contribution in [0, 0.1) is 0 Å². The number of carbonyl (C=O) groups is 4. The molecule has 14 aromatic rings. The van der Waals surface area contributed by atoms with Crippen molar-refractivity contribution in [1.29, 1.82) is 0 Å². The first-order valence-corrected chi connectivity index (χ1v) is 48.3. The zero-order chi connectivity index (χ0) is 94.8. The van der Waals surface area contributed by atoms with Crippen LogP contribution in [0.4, 0.5) is 57.9 Å². The Morgan fingerprint density at radius 1 is 0.303 bits per heavy atom. The van der Waals surface area contributed by atoms with Gasteiger partial charge in [-0.1, -0.05) is 72.8 Å². The second kappa shape index (κ2) is 33.2. The molecule has 2 aliphatic rings. The Morgan fingerprint density at radius 2 is 0.621 bits per heavy atom. The molecule has 0 atom stereocenters. The molecule has 0 amide bonds. The van der Waals surface area contributed by atoms with Gasteiger partial charge in [-0.25, -0.2) is 0 Å². The maximum atomic E-state index is 14.9. The van der Waals surface area contributed by atoms with E-state index in [0.717, 1.165) is 109 Å². The van der Waals surface area contributed by atoms with Gasteiger partial charge >= 0.3 is 12.0 Å². The number of anilines is 10. The second-order valence-corrected chi connectivity index (χ2v) is 39.5. The Hall–Kier alpha value is -15.0. The van der Waals surface area contributed by atoms with Crippen LogP contribution in [0.15, 0.2) is 243 Å². The Balaban J connectivity index is 0.756. The molecule has 54 heteroatoms. The Kier molecular flexibility index (Phi) is 22.7. The van der Waals surface area contributed by atoms with Gasteiger partial charge in [0.15, 0.2) is 23.1 Å². The van der Waals surface area contributed by atoms with E-state index in [0.29, 0.717) is 12.1 Å². The van der Waals surface area contributed by atoms with E-state index in [1.54, 1.807) is 0 Å². The molecule has 0 unspecified atom stereocenters. The lowest BCUT2D eigenvalue weighted by atomic mass is 9.80. The second-order valence-electron chi connectivity index (χ2n) is 28.2. The summed E-state index contributed by atoms with van der Waals surface area (Å²) < 4.78 is 299. The zero-order valence-corrected chi connectivity index (χ0v) is 71.7. The van der Waals surface area contributed by atoms with Crippen LogP contribution in [0.3, 0.4) is 0 Å². The number of benzene rings is 10. The van der Waals surface area contributed by atoms with Crippen LogP contribution in [0.2, 0.25) is 0 Å². The summed E-state index contributed by atoms with van der Waals surface area (Å²) in [5.74, 6) is -7.31. The number of nitrogens with zero attached hydrogens (tertiary/aromatic N) is 6. The number of rotatable bonds is 29. The monoisotopic (exact) mass is 1950 g/mol.